The molecule has 2 amide bonds. The number of hydrogen-bond donors (Lipinski definition) is 0. The van der Waals surface area contributed by atoms with Crippen LogP contribution in [-0.2, 0) is 30.2 Å². The minimum Gasteiger partial charge on any atom is -0.265 e. The summed E-state index contributed by atoms with van der Waals surface area (Å²) in [5.41, 5.74) is -1.28. The van der Waals surface area contributed by atoms with E-state index in [1.807, 2.05) is 0 Å². The molecule has 0 spiro atoms. The van der Waals surface area contributed by atoms with Gasteiger partial charge in [-0.1, -0.05) is 0 Å². The first-order valence-corrected chi connectivity index (χ1v) is 7.29. The number of hydrogen-bond acceptors (Lipinski definition) is 5. The summed E-state index contributed by atoms with van der Waals surface area (Å²) in [4.78, 5) is 21.1. The van der Waals surface area contributed by atoms with Gasteiger partial charge in [-0.2, -0.15) is 39.2 Å². The summed E-state index contributed by atoms with van der Waals surface area (Å²) < 4.78 is 116. The Labute approximate surface area is 133 Å². The maximum Gasteiger partial charge on any atom is 0.416 e. The Balaban J connectivity index is 2.34. The lowest BCUT2D eigenvalue weighted by atomic mass is 10.2. The topological polar surface area (TPSA) is 80.8 Å². The van der Waals surface area contributed by atoms with Gasteiger partial charge in [0.2, 0.25) is 0 Å². The van der Waals surface area contributed by atoms with Gasteiger partial charge in [0, 0.05) is 0 Å². The van der Waals surface area contributed by atoms with Crippen molar-refractivity contribution in [1.29, 1.82) is 0 Å². The molecule has 1 aromatic carbocycles. The molecule has 1 aromatic rings. The van der Waals surface area contributed by atoms with Crippen LogP contribution in [0.3, 0.4) is 0 Å². The van der Waals surface area contributed by atoms with E-state index in [0.29, 0.717) is 12.1 Å². The van der Waals surface area contributed by atoms with Crippen LogP contribution in [0, 0.1) is 0 Å². The maximum absolute atomic E-state index is 13.0. The summed E-state index contributed by atoms with van der Waals surface area (Å²) in [6, 6.07) is 1.18. The van der Waals surface area contributed by atoms with Gasteiger partial charge in [-0.05, 0) is 24.3 Å². The zero-order valence-corrected chi connectivity index (χ0v) is 12.2. The fourth-order valence-corrected chi connectivity index (χ4v) is 2.52. The standard InChI is InChI=1S/C11H4F7NO5S/c12-9(13)7(20)19(8(21)10(9,14)15)24-25(22,23)6-3-1-5(2-4-6)11(16,17)18/h1-4H. The van der Waals surface area contributed by atoms with Crippen LogP contribution in [0.5, 0.6) is 0 Å². The first kappa shape index (κ1) is 19.1. The van der Waals surface area contributed by atoms with Crippen LogP contribution in [-0.4, -0.2) is 37.1 Å². The molecular weight excluding hydrogens is 391 g/mol. The Hall–Kier alpha value is -2.22. The summed E-state index contributed by atoms with van der Waals surface area (Å²) in [5.74, 6) is -16.9. The van der Waals surface area contributed by atoms with E-state index in [2.05, 4.69) is 4.28 Å². The van der Waals surface area contributed by atoms with Gasteiger partial charge in [0.15, 0.2) is 0 Å². The van der Waals surface area contributed by atoms with Gasteiger partial charge in [-0.25, -0.2) is 0 Å². The molecule has 0 aliphatic carbocycles. The molecule has 0 saturated carbocycles. The SMILES string of the molecule is O=C1N(OS(=O)(=O)c2ccc(C(F)(F)F)cc2)C(=O)C(F)(F)C1(F)F. The van der Waals surface area contributed by atoms with E-state index in [0.717, 1.165) is 0 Å². The first-order chi connectivity index (χ1) is 11.1. The van der Waals surface area contributed by atoms with Crippen molar-refractivity contribution >= 4 is 21.9 Å². The first-order valence-electron chi connectivity index (χ1n) is 5.89. The van der Waals surface area contributed by atoms with Crippen molar-refractivity contribution < 1.29 is 53.0 Å². The van der Waals surface area contributed by atoms with Crippen LogP contribution in [0.25, 0.3) is 0 Å². The summed E-state index contributed by atoms with van der Waals surface area (Å²) in [5, 5.41) is -1.34. The zero-order valence-electron chi connectivity index (χ0n) is 11.4. The number of rotatable bonds is 3. The molecule has 0 unspecified atom stereocenters. The van der Waals surface area contributed by atoms with E-state index < -0.39 is 55.5 Å². The van der Waals surface area contributed by atoms with Gasteiger partial charge in [0.1, 0.15) is 0 Å². The fraction of sp³-hybridized carbons (Fsp3) is 0.273. The van der Waals surface area contributed by atoms with Gasteiger partial charge in [0.05, 0.1) is 10.5 Å². The van der Waals surface area contributed by atoms with Crippen LogP contribution in [0.15, 0.2) is 29.2 Å². The lowest BCUT2D eigenvalue weighted by molar-refractivity contribution is -0.192. The summed E-state index contributed by atoms with van der Waals surface area (Å²) in [6.45, 7) is 0. The molecule has 1 heterocycles. The highest BCUT2D eigenvalue weighted by Crippen LogP contribution is 2.43. The van der Waals surface area contributed by atoms with Crippen LogP contribution < -0.4 is 0 Å². The van der Waals surface area contributed by atoms with Crippen LogP contribution >= 0.6 is 0 Å². The summed E-state index contributed by atoms with van der Waals surface area (Å²) in [6.07, 6.45) is -4.83. The van der Waals surface area contributed by atoms with E-state index >= 15 is 0 Å². The predicted molar refractivity (Wildman–Crippen MR) is 61.5 cm³/mol. The average Bonchev–Trinajstić information content (AvgIpc) is 2.59. The molecule has 1 aliphatic rings. The highest BCUT2D eigenvalue weighted by Gasteiger charge is 2.77. The number of carbonyl (C=O) groups is 2. The van der Waals surface area contributed by atoms with E-state index in [1.165, 1.54) is 0 Å². The largest absolute Gasteiger partial charge is 0.416 e. The molecule has 0 N–H and O–H groups in total. The van der Waals surface area contributed by atoms with Crippen molar-refractivity contribution in [2.75, 3.05) is 0 Å². The van der Waals surface area contributed by atoms with Crippen LogP contribution in [0.1, 0.15) is 5.56 Å². The van der Waals surface area contributed by atoms with Crippen molar-refractivity contribution in [2.24, 2.45) is 0 Å². The molecule has 1 fully saturated rings. The van der Waals surface area contributed by atoms with E-state index in [9.17, 15) is 48.7 Å². The molecular formula is C11H4F7NO5S. The average molecular weight is 395 g/mol. The second kappa shape index (κ2) is 5.39. The molecule has 0 bridgehead atoms. The third kappa shape index (κ3) is 2.95. The second-order valence-corrected chi connectivity index (χ2v) is 6.13. The number of alkyl halides is 7. The lowest BCUT2D eigenvalue weighted by Gasteiger charge is -2.13. The van der Waals surface area contributed by atoms with Gasteiger partial charge in [-0.15, -0.1) is 9.35 Å². The van der Waals surface area contributed by atoms with Crippen molar-refractivity contribution in [2.45, 2.75) is 22.9 Å². The smallest absolute Gasteiger partial charge is 0.265 e. The monoisotopic (exact) mass is 395 g/mol. The molecule has 138 valence electrons. The van der Waals surface area contributed by atoms with Gasteiger partial charge >= 0.3 is 40.0 Å². The molecule has 1 aliphatic heterocycles. The highest BCUT2D eigenvalue weighted by atomic mass is 32.2. The molecule has 6 nitrogen and oxygen atoms in total. The third-order valence-electron chi connectivity index (χ3n) is 2.94. The van der Waals surface area contributed by atoms with Gasteiger partial charge in [0.25, 0.3) is 0 Å². The van der Waals surface area contributed by atoms with Crippen molar-refractivity contribution in [3.63, 3.8) is 0 Å². The van der Waals surface area contributed by atoms with Crippen LogP contribution in [0.4, 0.5) is 30.7 Å². The van der Waals surface area contributed by atoms with Crippen molar-refractivity contribution in [3.05, 3.63) is 29.8 Å². The Bertz CT molecular complexity index is 805. The Morgan fingerprint density at radius 1 is 0.880 bits per heavy atom. The maximum atomic E-state index is 13.0. The zero-order chi connectivity index (χ0) is 19.4. The van der Waals surface area contributed by atoms with Crippen molar-refractivity contribution in [1.82, 2.24) is 5.06 Å². The van der Waals surface area contributed by atoms with Gasteiger partial charge in [-0.3, -0.25) is 9.59 Å². The molecule has 14 heteroatoms. The molecule has 0 radical (unpaired) electrons. The highest BCUT2D eigenvalue weighted by molar-refractivity contribution is 7.86. The molecule has 25 heavy (non-hydrogen) atoms. The number of carbonyl (C=O) groups excluding carboxylic acids is 2. The number of imide groups is 1. The lowest BCUT2D eigenvalue weighted by Crippen LogP contribution is -2.43. The van der Waals surface area contributed by atoms with E-state index in [1.54, 1.807) is 0 Å². The minimum atomic E-state index is -5.54. The summed E-state index contributed by atoms with van der Waals surface area (Å²) in [7, 11) is -5.32. The minimum absolute atomic E-state index is 0.271. The summed E-state index contributed by atoms with van der Waals surface area (Å²) >= 11 is 0. The number of halogens is 7. The quantitative estimate of drug-likeness (QED) is 0.578. The molecule has 2 rings (SSSR count). The number of nitrogens with zero attached hydrogens (tertiary/aromatic N) is 1. The molecule has 0 aromatic heterocycles. The van der Waals surface area contributed by atoms with Crippen LogP contribution in [0.2, 0.25) is 0 Å². The molecule has 1 saturated heterocycles. The third-order valence-corrected chi connectivity index (χ3v) is 4.14. The fourth-order valence-electron chi connectivity index (χ4n) is 1.64. The number of benzene rings is 1. The van der Waals surface area contributed by atoms with Gasteiger partial charge < -0.3 is 0 Å². The van der Waals surface area contributed by atoms with Crippen molar-refractivity contribution in [3.8, 4) is 0 Å². The second-order valence-electron chi connectivity index (χ2n) is 4.60. The van der Waals surface area contributed by atoms with E-state index in [4.69, 9.17) is 0 Å². The predicted octanol–water partition coefficient (Wildman–Crippen LogP) is 1.97. The normalized spacial score (nSPS) is 20.2. The number of amides is 2. The Morgan fingerprint density at radius 2 is 1.28 bits per heavy atom. The number of hydroxylamine groups is 2. The van der Waals surface area contributed by atoms with E-state index in [-0.39, 0.29) is 12.1 Å². The molecule has 0 atom stereocenters. The Morgan fingerprint density at radius 3 is 1.64 bits per heavy atom. The Kier molecular flexibility index (Phi) is 4.12.